The summed E-state index contributed by atoms with van der Waals surface area (Å²) in [4.78, 5) is 31.0. The number of ketones is 1. The van der Waals surface area contributed by atoms with Crippen molar-refractivity contribution in [2.45, 2.75) is 39.7 Å². The average Bonchev–Trinajstić information content (AvgIpc) is 3.51. The van der Waals surface area contributed by atoms with E-state index in [-0.39, 0.29) is 11.3 Å². The van der Waals surface area contributed by atoms with Crippen LogP contribution in [0.4, 0.5) is 11.4 Å². The molecule has 6 heteroatoms. The first-order chi connectivity index (χ1) is 17.8. The quantitative estimate of drug-likeness (QED) is 0.273. The Bertz CT molecular complexity index is 1400. The van der Waals surface area contributed by atoms with Crippen molar-refractivity contribution in [1.82, 2.24) is 0 Å². The van der Waals surface area contributed by atoms with Gasteiger partial charge in [0.05, 0.1) is 24.3 Å². The van der Waals surface area contributed by atoms with Gasteiger partial charge in [0.1, 0.15) is 11.5 Å². The van der Waals surface area contributed by atoms with Crippen LogP contribution in [0.3, 0.4) is 0 Å². The topological polar surface area (TPSA) is 70.1 Å². The van der Waals surface area contributed by atoms with E-state index in [0.717, 1.165) is 41.0 Å². The second-order valence-corrected chi connectivity index (χ2v) is 9.90. The number of hydrogen-bond acceptors (Lipinski definition) is 5. The maximum Gasteiger partial charge on any atom is 0.300 e. The van der Waals surface area contributed by atoms with Gasteiger partial charge in [0.2, 0.25) is 0 Å². The number of ether oxygens (including phenoxy) is 1. The van der Waals surface area contributed by atoms with Gasteiger partial charge in [-0.2, -0.15) is 0 Å². The summed E-state index contributed by atoms with van der Waals surface area (Å²) in [5, 5.41) is 11.6. The molecule has 1 atom stereocenters. The van der Waals surface area contributed by atoms with Crippen LogP contribution in [-0.2, 0) is 9.59 Å². The Balaban J connectivity index is 1.69. The predicted molar refractivity (Wildman–Crippen MR) is 146 cm³/mol. The van der Waals surface area contributed by atoms with Crippen molar-refractivity contribution in [1.29, 1.82) is 0 Å². The predicted octanol–water partition coefficient (Wildman–Crippen LogP) is 5.85. The lowest BCUT2D eigenvalue weighted by Gasteiger charge is -2.27. The van der Waals surface area contributed by atoms with Gasteiger partial charge in [0.15, 0.2) is 0 Å². The molecule has 2 aliphatic heterocycles. The van der Waals surface area contributed by atoms with Crippen molar-refractivity contribution in [2.75, 3.05) is 30.0 Å². The van der Waals surface area contributed by atoms with Gasteiger partial charge in [-0.05, 0) is 86.2 Å². The van der Waals surface area contributed by atoms with Crippen LogP contribution in [0.25, 0.3) is 5.76 Å². The third-order valence-electron chi connectivity index (χ3n) is 7.40. The summed E-state index contributed by atoms with van der Waals surface area (Å²) >= 11 is 0. The summed E-state index contributed by atoms with van der Waals surface area (Å²) in [6.07, 6.45) is 2.34. The molecule has 3 aromatic carbocycles. The van der Waals surface area contributed by atoms with E-state index in [9.17, 15) is 14.7 Å². The Morgan fingerprint density at radius 3 is 2.19 bits per heavy atom. The lowest BCUT2D eigenvalue weighted by Crippen LogP contribution is -2.29. The monoisotopic (exact) mass is 496 g/mol. The number of rotatable bonds is 5. The molecule has 2 saturated heterocycles. The molecule has 0 saturated carbocycles. The number of carbonyl (C=O) groups is 2. The molecule has 0 bridgehead atoms. The Hall–Kier alpha value is -4.06. The number of benzene rings is 3. The van der Waals surface area contributed by atoms with Crippen molar-refractivity contribution >= 4 is 28.8 Å². The first-order valence-corrected chi connectivity index (χ1v) is 12.7. The van der Waals surface area contributed by atoms with E-state index in [1.54, 1.807) is 6.07 Å². The van der Waals surface area contributed by atoms with E-state index >= 15 is 0 Å². The molecule has 0 aliphatic carbocycles. The van der Waals surface area contributed by atoms with Crippen LogP contribution in [0.1, 0.15) is 46.7 Å². The highest BCUT2D eigenvalue weighted by Gasteiger charge is 2.47. The molecule has 6 nitrogen and oxygen atoms in total. The summed E-state index contributed by atoms with van der Waals surface area (Å²) in [6, 6.07) is 18.4. The number of aliphatic hydroxyl groups is 1. The number of aliphatic hydroxyl groups excluding tert-OH is 1. The van der Waals surface area contributed by atoms with E-state index in [2.05, 4.69) is 4.90 Å². The highest BCUT2D eigenvalue weighted by atomic mass is 16.5. The molecule has 2 fully saturated rings. The average molecular weight is 497 g/mol. The summed E-state index contributed by atoms with van der Waals surface area (Å²) < 4.78 is 5.60. The van der Waals surface area contributed by atoms with Gasteiger partial charge in [0.25, 0.3) is 11.7 Å². The van der Waals surface area contributed by atoms with Gasteiger partial charge >= 0.3 is 0 Å². The van der Waals surface area contributed by atoms with Crippen molar-refractivity contribution < 1.29 is 19.4 Å². The lowest BCUT2D eigenvalue weighted by atomic mass is 9.91. The van der Waals surface area contributed by atoms with Gasteiger partial charge in [0, 0.05) is 24.5 Å². The zero-order chi connectivity index (χ0) is 26.3. The molecule has 2 heterocycles. The second-order valence-electron chi connectivity index (χ2n) is 9.90. The molecule has 1 N–H and O–H groups in total. The number of methoxy groups -OCH3 is 1. The normalized spacial score (nSPS) is 19.1. The van der Waals surface area contributed by atoms with Crippen LogP contribution < -0.4 is 14.5 Å². The smallest absolute Gasteiger partial charge is 0.300 e. The van der Waals surface area contributed by atoms with Gasteiger partial charge in [-0.15, -0.1) is 0 Å². The lowest BCUT2D eigenvalue weighted by molar-refractivity contribution is -0.132. The molecule has 37 heavy (non-hydrogen) atoms. The van der Waals surface area contributed by atoms with Crippen molar-refractivity contribution in [3.05, 3.63) is 94.1 Å². The van der Waals surface area contributed by atoms with Crippen LogP contribution in [0, 0.1) is 20.8 Å². The van der Waals surface area contributed by atoms with E-state index in [4.69, 9.17) is 4.74 Å². The van der Waals surface area contributed by atoms with Gasteiger partial charge in [-0.3, -0.25) is 14.5 Å². The van der Waals surface area contributed by atoms with Crippen LogP contribution in [0.2, 0.25) is 0 Å². The van der Waals surface area contributed by atoms with E-state index < -0.39 is 17.7 Å². The molecule has 190 valence electrons. The molecule has 0 aromatic heterocycles. The minimum absolute atomic E-state index is 0.0613. The highest BCUT2D eigenvalue weighted by molar-refractivity contribution is 6.51. The SMILES string of the molecule is COc1c(C)cc(C)cc1/C(O)=C1\C(=O)C(=O)N(c2ccc(N3CCCC3)cc2)C1c1ccccc1C. The van der Waals surface area contributed by atoms with Crippen LogP contribution in [-0.4, -0.2) is 37.0 Å². The first-order valence-electron chi connectivity index (χ1n) is 12.7. The summed E-state index contributed by atoms with van der Waals surface area (Å²) in [5.74, 6) is -1.12. The van der Waals surface area contributed by atoms with E-state index in [1.807, 2.05) is 75.4 Å². The fourth-order valence-corrected chi connectivity index (χ4v) is 5.63. The number of aryl methyl sites for hydroxylation is 3. The Morgan fingerprint density at radius 1 is 0.892 bits per heavy atom. The number of nitrogens with zero attached hydrogens (tertiary/aromatic N) is 2. The minimum Gasteiger partial charge on any atom is -0.507 e. The van der Waals surface area contributed by atoms with Gasteiger partial charge < -0.3 is 14.7 Å². The number of amides is 1. The fourth-order valence-electron chi connectivity index (χ4n) is 5.63. The van der Waals surface area contributed by atoms with Crippen molar-refractivity contribution in [3.63, 3.8) is 0 Å². The second kappa shape index (κ2) is 9.77. The Morgan fingerprint density at radius 2 is 1.54 bits per heavy atom. The summed E-state index contributed by atoms with van der Waals surface area (Å²) in [5.41, 5.74) is 5.64. The molecule has 1 amide bonds. The largest absolute Gasteiger partial charge is 0.507 e. The maximum atomic E-state index is 13.6. The van der Waals surface area contributed by atoms with Gasteiger partial charge in [-0.1, -0.05) is 30.3 Å². The zero-order valence-electron chi connectivity index (χ0n) is 21.7. The van der Waals surface area contributed by atoms with E-state index in [0.29, 0.717) is 17.0 Å². The molecular formula is C31H32N2O4. The number of hydrogen-bond donors (Lipinski definition) is 1. The molecule has 0 spiro atoms. The standard InChI is InChI=1S/C31H32N2O4/c1-19-17-21(3)30(37-4)25(18-19)28(34)26-27(24-10-6-5-9-20(24)2)33(31(36)29(26)35)23-13-11-22(12-14-23)32-15-7-8-16-32/h5-6,9-14,17-18,27,34H,7-8,15-16H2,1-4H3/b28-26+. The summed E-state index contributed by atoms with van der Waals surface area (Å²) in [6.45, 7) is 7.80. The fraction of sp³-hybridized carbons (Fsp3) is 0.290. The molecule has 2 aliphatic rings. The Labute approximate surface area is 217 Å². The van der Waals surface area contributed by atoms with Crippen molar-refractivity contribution in [2.24, 2.45) is 0 Å². The molecule has 5 rings (SSSR count). The molecular weight excluding hydrogens is 464 g/mol. The van der Waals surface area contributed by atoms with Crippen LogP contribution in [0.5, 0.6) is 5.75 Å². The van der Waals surface area contributed by atoms with Crippen molar-refractivity contribution in [3.8, 4) is 5.75 Å². The number of carbonyl (C=O) groups excluding carboxylic acids is 2. The van der Waals surface area contributed by atoms with Gasteiger partial charge in [-0.25, -0.2) is 0 Å². The number of Topliss-reactive ketones (excluding diaryl/α,β-unsaturated/α-hetero) is 1. The number of anilines is 2. The third-order valence-corrected chi connectivity index (χ3v) is 7.40. The molecule has 3 aromatic rings. The summed E-state index contributed by atoms with van der Waals surface area (Å²) in [7, 11) is 1.54. The van der Waals surface area contributed by atoms with Crippen LogP contribution >= 0.6 is 0 Å². The third kappa shape index (κ3) is 4.26. The zero-order valence-corrected chi connectivity index (χ0v) is 21.7. The van der Waals surface area contributed by atoms with Crippen LogP contribution in [0.15, 0.2) is 66.2 Å². The maximum absolute atomic E-state index is 13.6. The minimum atomic E-state index is -0.774. The molecule has 0 radical (unpaired) electrons. The molecule has 1 unspecified atom stereocenters. The highest BCUT2D eigenvalue weighted by Crippen LogP contribution is 2.45. The Kier molecular flexibility index (Phi) is 6.50. The van der Waals surface area contributed by atoms with E-state index in [1.165, 1.54) is 24.9 Å². The first kappa shape index (κ1) is 24.6.